The minimum Gasteiger partial charge on any atom is -0.0952 e. The maximum atomic E-state index is 4.20. The molecule has 0 radical (unpaired) electrons. The summed E-state index contributed by atoms with van der Waals surface area (Å²) in [5.74, 6) is 0.661. The van der Waals surface area contributed by atoms with Crippen LogP contribution in [0.1, 0.15) is 35.4 Å². The van der Waals surface area contributed by atoms with E-state index in [0.29, 0.717) is 5.92 Å². The second-order valence-electron chi connectivity index (χ2n) is 5.12. The molecule has 18 heavy (non-hydrogen) atoms. The molecule has 0 aliphatic heterocycles. The zero-order valence-electron chi connectivity index (χ0n) is 10.6. The Bertz CT molecular complexity index is 551. The van der Waals surface area contributed by atoms with Crippen molar-refractivity contribution in [1.82, 2.24) is 0 Å². The highest BCUT2D eigenvalue weighted by molar-refractivity contribution is 5.72. The van der Waals surface area contributed by atoms with Gasteiger partial charge in [-0.3, -0.25) is 0 Å². The number of aryl methyl sites for hydroxylation is 1. The summed E-state index contributed by atoms with van der Waals surface area (Å²) in [6.45, 7) is 4.20. The maximum Gasteiger partial charge on any atom is -0.0112 e. The topological polar surface area (TPSA) is 0 Å². The molecule has 0 bridgehead atoms. The largest absolute Gasteiger partial charge is 0.0952 e. The van der Waals surface area contributed by atoms with E-state index >= 15 is 0 Å². The lowest BCUT2D eigenvalue weighted by atomic mass is 9.94. The van der Waals surface area contributed by atoms with Crippen LogP contribution in [-0.2, 0) is 6.42 Å². The van der Waals surface area contributed by atoms with Gasteiger partial charge in [0, 0.05) is 0 Å². The van der Waals surface area contributed by atoms with E-state index in [1.54, 1.807) is 0 Å². The van der Waals surface area contributed by atoms with Gasteiger partial charge in [-0.05, 0) is 47.4 Å². The molecule has 1 atom stereocenters. The first kappa shape index (κ1) is 11.3. The van der Waals surface area contributed by atoms with Crippen molar-refractivity contribution >= 4 is 5.57 Å². The number of allylic oxidation sites excluding steroid dienone is 1. The van der Waals surface area contributed by atoms with Crippen molar-refractivity contribution in [1.29, 1.82) is 0 Å². The van der Waals surface area contributed by atoms with Gasteiger partial charge >= 0.3 is 0 Å². The summed E-state index contributed by atoms with van der Waals surface area (Å²) in [6.07, 6.45) is 3.51. The van der Waals surface area contributed by atoms with Crippen LogP contribution in [0.15, 0.2) is 61.2 Å². The fraction of sp³-hybridized carbons (Fsp3) is 0.222. The average Bonchev–Trinajstić information content (AvgIpc) is 2.75. The van der Waals surface area contributed by atoms with Crippen LogP contribution in [0, 0.1) is 0 Å². The molecule has 0 N–H and O–H groups in total. The van der Waals surface area contributed by atoms with Gasteiger partial charge in [-0.1, -0.05) is 61.2 Å². The SMILES string of the molecule is C=C1CC(CCc2ccccc2)c2ccccc21. The van der Waals surface area contributed by atoms with E-state index in [4.69, 9.17) is 0 Å². The first-order chi connectivity index (χ1) is 8.84. The molecule has 0 spiro atoms. The Balaban J connectivity index is 1.74. The molecule has 0 saturated carbocycles. The Morgan fingerprint density at radius 2 is 1.67 bits per heavy atom. The van der Waals surface area contributed by atoms with E-state index in [9.17, 15) is 0 Å². The number of hydrogen-bond acceptors (Lipinski definition) is 0. The van der Waals surface area contributed by atoms with E-state index in [1.807, 2.05) is 0 Å². The molecule has 0 nitrogen and oxygen atoms in total. The molecular weight excluding hydrogens is 216 g/mol. The molecule has 0 amide bonds. The van der Waals surface area contributed by atoms with Gasteiger partial charge in [-0.2, -0.15) is 0 Å². The summed E-state index contributed by atoms with van der Waals surface area (Å²) in [4.78, 5) is 0. The van der Waals surface area contributed by atoms with Crippen molar-refractivity contribution in [3.05, 3.63) is 77.9 Å². The van der Waals surface area contributed by atoms with Gasteiger partial charge in [-0.25, -0.2) is 0 Å². The first-order valence-electron chi connectivity index (χ1n) is 6.65. The highest BCUT2D eigenvalue weighted by Gasteiger charge is 2.24. The van der Waals surface area contributed by atoms with Crippen molar-refractivity contribution in [3.63, 3.8) is 0 Å². The van der Waals surface area contributed by atoms with Crippen molar-refractivity contribution in [3.8, 4) is 0 Å². The fourth-order valence-corrected chi connectivity index (χ4v) is 2.94. The van der Waals surface area contributed by atoms with Crippen LogP contribution >= 0.6 is 0 Å². The lowest BCUT2D eigenvalue weighted by Gasteiger charge is -2.10. The first-order valence-corrected chi connectivity index (χ1v) is 6.65. The minimum atomic E-state index is 0.661. The van der Waals surface area contributed by atoms with Gasteiger partial charge in [0.2, 0.25) is 0 Å². The molecule has 90 valence electrons. The van der Waals surface area contributed by atoms with E-state index in [-0.39, 0.29) is 0 Å². The van der Waals surface area contributed by atoms with E-state index in [1.165, 1.54) is 28.7 Å². The molecule has 0 heterocycles. The Morgan fingerprint density at radius 1 is 0.944 bits per heavy atom. The molecule has 0 saturated heterocycles. The van der Waals surface area contributed by atoms with Crippen molar-refractivity contribution in [2.24, 2.45) is 0 Å². The van der Waals surface area contributed by atoms with Crippen molar-refractivity contribution in [2.45, 2.75) is 25.2 Å². The molecule has 1 unspecified atom stereocenters. The summed E-state index contributed by atoms with van der Waals surface area (Å²) in [7, 11) is 0. The lowest BCUT2D eigenvalue weighted by Crippen LogP contribution is -1.96. The average molecular weight is 234 g/mol. The quantitative estimate of drug-likeness (QED) is 0.714. The van der Waals surface area contributed by atoms with Crippen LogP contribution in [-0.4, -0.2) is 0 Å². The summed E-state index contributed by atoms with van der Waals surface area (Å²) in [6, 6.07) is 19.5. The van der Waals surface area contributed by atoms with Crippen LogP contribution < -0.4 is 0 Å². The highest BCUT2D eigenvalue weighted by Crippen LogP contribution is 2.42. The third-order valence-corrected chi connectivity index (χ3v) is 3.90. The van der Waals surface area contributed by atoms with Gasteiger partial charge in [0.25, 0.3) is 0 Å². The van der Waals surface area contributed by atoms with Crippen LogP contribution in [0.4, 0.5) is 0 Å². The van der Waals surface area contributed by atoms with E-state index in [2.05, 4.69) is 61.2 Å². The van der Waals surface area contributed by atoms with Crippen molar-refractivity contribution in [2.75, 3.05) is 0 Å². The predicted octanol–water partition coefficient (Wildman–Crippen LogP) is 4.82. The van der Waals surface area contributed by atoms with Crippen LogP contribution in [0.3, 0.4) is 0 Å². The van der Waals surface area contributed by atoms with Crippen molar-refractivity contribution < 1.29 is 0 Å². The van der Waals surface area contributed by atoms with Crippen LogP contribution in [0.5, 0.6) is 0 Å². The molecule has 3 rings (SSSR count). The molecule has 1 aliphatic carbocycles. The molecule has 1 aliphatic rings. The Kier molecular flexibility index (Phi) is 3.02. The van der Waals surface area contributed by atoms with Crippen LogP contribution in [0.2, 0.25) is 0 Å². The molecule has 0 fully saturated rings. The van der Waals surface area contributed by atoms with Gasteiger partial charge in [0.1, 0.15) is 0 Å². The number of fused-ring (bicyclic) bond motifs is 1. The number of rotatable bonds is 3. The summed E-state index contributed by atoms with van der Waals surface area (Å²) in [5, 5.41) is 0. The zero-order valence-corrected chi connectivity index (χ0v) is 10.6. The lowest BCUT2D eigenvalue weighted by molar-refractivity contribution is 0.658. The maximum absolute atomic E-state index is 4.20. The van der Waals surface area contributed by atoms with Gasteiger partial charge in [0.15, 0.2) is 0 Å². The van der Waals surface area contributed by atoms with Crippen LogP contribution in [0.25, 0.3) is 5.57 Å². The predicted molar refractivity (Wildman–Crippen MR) is 77.6 cm³/mol. The molecular formula is C18H18. The Hall–Kier alpha value is -1.82. The standard InChI is InChI=1S/C18H18/c1-14-13-16(18-10-6-5-9-17(14)18)12-11-15-7-3-2-4-8-15/h2-10,16H,1,11-13H2. The number of hydrogen-bond donors (Lipinski definition) is 0. The summed E-state index contributed by atoms with van der Waals surface area (Å²) in [5.41, 5.74) is 5.63. The molecule has 2 aromatic rings. The van der Waals surface area contributed by atoms with Gasteiger partial charge in [-0.15, -0.1) is 0 Å². The fourth-order valence-electron chi connectivity index (χ4n) is 2.94. The minimum absolute atomic E-state index is 0.661. The smallest absolute Gasteiger partial charge is 0.0112 e. The highest BCUT2D eigenvalue weighted by atomic mass is 14.3. The third kappa shape index (κ3) is 2.11. The second-order valence-corrected chi connectivity index (χ2v) is 5.12. The van der Waals surface area contributed by atoms with Gasteiger partial charge < -0.3 is 0 Å². The van der Waals surface area contributed by atoms with Gasteiger partial charge in [0.05, 0.1) is 0 Å². The molecule has 2 aromatic carbocycles. The summed E-state index contributed by atoms with van der Waals surface area (Å²) >= 11 is 0. The Morgan fingerprint density at radius 3 is 2.50 bits per heavy atom. The monoisotopic (exact) mass is 234 g/mol. The zero-order chi connectivity index (χ0) is 12.4. The molecule has 0 aromatic heterocycles. The summed E-state index contributed by atoms with van der Waals surface area (Å²) < 4.78 is 0. The van der Waals surface area contributed by atoms with E-state index in [0.717, 1.165) is 12.8 Å². The Labute approximate surface area is 109 Å². The van der Waals surface area contributed by atoms with E-state index < -0.39 is 0 Å². The number of benzene rings is 2. The molecule has 0 heteroatoms. The normalized spacial score (nSPS) is 17.8. The second kappa shape index (κ2) is 4.81. The third-order valence-electron chi connectivity index (χ3n) is 3.90.